The van der Waals surface area contributed by atoms with Crippen LogP contribution in [0.1, 0.15) is 30.5 Å². The molecule has 4 heteroatoms. The number of carbonyl (C=O) groups is 1. The predicted molar refractivity (Wildman–Crippen MR) is 92.3 cm³/mol. The molecule has 0 spiro atoms. The van der Waals surface area contributed by atoms with E-state index in [1.165, 1.54) is 5.56 Å². The highest BCUT2D eigenvalue weighted by molar-refractivity contribution is 5.78. The van der Waals surface area contributed by atoms with Crippen LogP contribution in [0.15, 0.2) is 54.6 Å². The van der Waals surface area contributed by atoms with Gasteiger partial charge in [-0.25, -0.2) is 0 Å². The lowest BCUT2D eigenvalue weighted by atomic mass is 10.0. The third-order valence-electron chi connectivity index (χ3n) is 3.77. The zero-order valence-electron chi connectivity index (χ0n) is 13.7. The van der Waals surface area contributed by atoms with Crippen LogP contribution in [0.2, 0.25) is 0 Å². The minimum absolute atomic E-state index is 0.00445. The zero-order chi connectivity index (χ0) is 16.5. The molecular weight excluding hydrogens is 288 g/mol. The van der Waals surface area contributed by atoms with Crippen LogP contribution in [0.3, 0.4) is 0 Å². The number of nitrogens with one attached hydrogen (secondary N) is 2. The number of hydrogen-bond acceptors (Lipinski definition) is 3. The minimum Gasteiger partial charge on any atom is -0.497 e. The second kappa shape index (κ2) is 8.96. The Kier molecular flexibility index (Phi) is 6.63. The summed E-state index contributed by atoms with van der Waals surface area (Å²) in [4.78, 5) is 12.0. The van der Waals surface area contributed by atoms with Gasteiger partial charge >= 0.3 is 0 Å². The highest BCUT2D eigenvalue weighted by Crippen LogP contribution is 2.15. The van der Waals surface area contributed by atoms with Gasteiger partial charge in [0.25, 0.3) is 0 Å². The van der Waals surface area contributed by atoms with Gasteiger partial charge in [-0.1, -0.05) is 49.4 Å². The van der Waals surface area contributed by atoms with Crippen molar-refractivity contribution in [1.82, 2.24) is 10.6 Å². The highest BCUT2D eigenvalue weighted by atomic mass is 16.5. The molecule has 0 aromatic heterocycles. The van der Waals surface area contributed by atoms with Crippen molar-refractivity contribution in [3.8, 4) is 5.75 Å². The smallest absolute Gasteiger partial charge is 0.234 e. The topological polar surface area (TPSA) is 50.4 Å². The molecule has 1 atom stereocenters. The van der Waals surface area contributed by atoms with Crippen LogP contribution in [0.25, 0.3) is 0 Å². The van der Waals surface area contributed by atoms with Gasteiger partial charge in [-0.3, -0.25) is 4.79 Å². The van der Waals surface area contributed by atoms with Gasteiger partial charge in [0.05, 0.1) is 13.7 Å². The summed E-state index contributed by atoms with van der Waals surface area (Å²) in [6, 6.07) is 18.1. The summed E-state index contributed by atoms with van der Waals surface area (Å²) < 4.78 is 5.12. The molecule has 2 aromatic carbocycles. The first-order valence-corrected chi connectivity index (χ1v) is 7.91. The van der Waals surface area contributed by atoms with Gasteiger partial charge in [0.2, 0.25) is 5.91 Å². The molecule has 0 bridgehead atoms. The predicted octanol–water partition coefficient (Wildman–Crippen LogP) is 3.05. The van der Waals surface area contributed by atoms with E-state index in [-0.39, 0.29) is 11.9 Å². The van der Waals surface area contributed by atoms with Crippen molar-refractivity contribution in [2.75, 3.05) is 13.7 Å². The van der Waals surface area contributed by atoms with Crippen LogP contribution in [0.5, 0.6) is 5.75 Å². The third kappa shape index (κ3) is 5.42. The Morgan fingerprint density at radius 3 is 2.39 bits per heavy atom. The SMILES string of the molecule is CCC(NCC(=O)NCc1ccc(OC)cc1)c1ccccc1. The summed E-state index contributed by atoms with van der Waals surface area (Å²) in [7, 11) is 1.64. The lowest BCUT2D eigenvalue weighted by Gasteiger charge is -2.17. The third-order valence-corrected chi connectivity index (χ3v) is 3.77. The number of amides is 1. The van der Waals surface area contributed by atoms with E-state index in [1.807, 2.05) is 42.5 Å². The number of carbonyl (C=O) groups excluding carboxylic acids is 1. The van der Waals surface area contributed by atoms with E-state index in [4.69, 9.17) is 4.74 Å². The molecule has 0 aliphatic carbocycles. The van der Waals surface area contributed by atoms with Crippen LogP contribution in [-0.2, 0) is 11.3 Å². The van der Waals surface area contributed by atoms with Crippen LogP contribution < -0.4 is 15.4 Å². The monoisotopic (exact) mass is 312 g/mol. The molecule has 0 heterocycles. The molecule has 23 heavy (non-hydrogen) atoms. The van der Waals surface area contributed by atoms with E-state index in [9.17, 15) is 4.79 Å². The maximum Gasteiger partial charge on any atom is 0.234 e. The first-order chi connectivity index (χ1) is 11.2. The summed E-state index contributed by atoms with van der Waals surface area (Å²) >= 11 is 0. The van der Waals surface area contributed by atoms with E-state index in [1.54, 1.807) is 7.11 Å². The van der Waals surface area contributed by atoms with Crippen molar-refractivity contribution < 1.29 is 9.53 Å². The van der Waals surface area contributed by atoms with Gasteiger partial charge in [0.1, 0.15) is 5.75 Å². The van der Waals surface area contributed by atoms with Crippen molar-refractivity contribution in [1.29, 1.82) is 0 Å². The molecule has 0 saturated carbocycles. The highest BCUT2D eigenvalue weighted by Gasteiger charge is 2.10. The van der Waals surface area contributed by atoms with Crippen LogP contribution >= 0.6 is 0 Å². The summed E-state index contributed by atoms with van der Waals surface area (Å²) in [6.45, 7) is 2.94. The summed E-state index contributed by atoms with van der Waals surface area (Å²) in [5.41, 5.74) is 2.26. The lowest BCUT2D eigenvalue weighted by Crippen LogP contribution is -2.35. The molecule has 0 saturated heterocycles. The molecule has 0 aliphatic rings. The normalized spacial score (nSPS) is 11.7. The molecule has 1 unspecified atom stereocenters. The van der Waals surface area contributed by atoms with Gasteiger partial charge in [0, 0.05) is 12.6 Å². The van der Waals surface area contributed by atoms with E-state index in [0.717, 1.165) is 17.7 Å². The molecule has 2 aromatic rings. The Labute approximate surface area is 137 Å². The van der Waals surface area contributed by atoms with Crippen molar-refractivity contribution in [2.45, 2.75) is 25.9 Å². The van der Waals surface area contributed by atoms with Gasteiger partial charge < -0.3 is 15.4 Å². The molecule has 122 valence electrons. The van der Waals surface area contributed by atoms with Crippen molar-refractivity contribution in [2.24, 2.45) is 0 Å². The molecule has 2 rings (SSSR count). The van der Waals surface area contributed by atoms with Gasteiger partial charge in [-0.15, -0.1) is 0 Å². The Morgan fingerprint density at radius 1 is 1.09 bits per heavy atom. The van der Waals surface area contributed by atoms with E-state index in [0.29, 0.717) is 13.1 Å². The largest absolute Gasteiger partial charge is 0.497 e. The maximum absolute atomic E-state index is 12.0. The molecule has 1 amide bonds. The van der Waals surface area contributed by atoms with Gasteiger partial charge in [-0.05, 0) is 29.7 Å². The van der Waals surface area contributed by atoms with E-state index < -0.39 is 0 Å². The first kappa shape index (κ1) is 17.0. The fourth-order valence-corrected chi connectivity index (χ4v) is 2.41. The van der Waals surface area contributed by atoms with Crippen molar-refractivity contribution >= 4 is 5.91 Å². The maximum atomic E-state index is 12.0. The van der Waals surface area contributed by atoms with Gasteiger partial charge in [-0.2, -0.15) is 0 Å². The number of rotatable bonds is 8. The summed E-state index contributed by atoms with van der Waals surface area (Å²) in [5.74, 6) is 0.811. The number of benzene rings is 2. The Morgan fingerprint density at radius 2 is 1.78 bits per heavy atom. The standard InChI is InChI=1S/C19H24N2O2/c1-3-18(16-7-5-4-6-8-16)20-14-19(22)21-13-15-9-11-17(23-2)12-10-15/h4-12,18,20H,3,13-14H2,1-2H3,(H,21,22). The Hall–Kier alpha value is -2.33. The van der Waals surface area contributed by atoms with Gasteiger partial charge in [0.15, 0.2) is 0 Å². The molecule has 4 nitrogen and oxygen atoms in total. The summed E-state index contributed by atoms with van der Waals surface area (Å²) in [5, 5.41) is 6.23. The lowest BCUT2D eigenvalue weighted by molar-refractivity contribution is -0.120. The second-order valence-corrected chi connectivity index (χ2v) is 5.38. The average molecular weight is 312 g/mol. The Balaban J connectivity index is 1.77. The van der Waals surface area contributed by atoms with Crippen LogP contribution in [-0.4, -0.2) is 19.6 Å². The fourth-order valence-electron chi connectivity index (χ4n) is 2.41. The van der Waals surface area contributed by atoms with Crippen molar-refractivity contribution in [3.05, 3.63) is 65.7 Å². The zero-order valence-corrected chi connectivity index (χ0v) is 13.7. The number of ether oxygens (including phenoxy) is 1. The number of hydrogen-bond donors (Lipinski definition) is 2. The molecule has 0 radical (unpaired) electrons. The van der Waals surface area contributed by atoms with E-state index in [2.05, 4.69) is 29.7 Å². The number of methoxy groups -OCH3 is 1. The average Bonchev–Trinajstić information content (AvgIpc) is 2.62. The molecular formula is C19H24N2O2. The molecule has 2 N–H and O–H groups in total. The summed E-state index contributed by atoms with van der Waals surface area (Å²) in [6.07, 6.45) is 0.940. The van der Waals surface area contributed by atoms with Crippen molar-refractivity contribution in [3.63, 3.8) is 0 Å². The molecule has 0 fully saturated rings. The quantitative estimate of drug-likeness (QED) is 0.787. The molecule has 0 aliphatic heterocycles. The second-order valence-electron chi connectivity index (χ2n) is 5.38. The van der Waals surface area contributed by atoms with Crippen LogP contribution in [0, 0.1) is 0 Å². The Bertz CT molecular complexity index is 597. The van der Waals surface area contributed by atoms with E-state index >= 15 is 0 Å². The minimum atomic E-state index is -0.00445. The fraction of sp³-hybridized carbons (Fsp3) is 0.316. The van der Waals surface area contributed by atoms with Crippen LogP contribution in [0.4, 0.5) is 0 Å². The first-order valence-electron chi connectivity index (χ1n) is 7.91.